The van der Waals surface area contributed by atoms with E-state index in [-0.39, 0.29) is 12.5 Å². The first-order valence-electron chi connectivity index (χ1n) is 8.71. The standard InChI is InChI=1S/C21H18N4O3/c1-27-17-9-7-16(8-10-17)25-12-11-18(24-25)21(26)23-14-20-22-13-19(28-20)15-5-3-2-4-6-15/h2-13H,14H2,1H3,(H,23,26). The number of oxazole rings is 1. The highest BCUT2D eigenvalue weighted by Gasteiger charge is 2.12. The van der Waals surface area contributed by atoms with Gasteiger partial charge in [-0.2, -0.15) is 5.10 Å². The van der Waals surface area contributed by atoms with Crippen molar-refractivity contribution in [2.24, 2.45) is 0 Å². The zero-order valence-electron chi connectivity index (χ0n) is 15.2. The van der Waals surface area contributed by atoms with E-state index < -0.39 is 0 Å². The molecular weight excluding hydrogens is 356 g/mol. The van der Waals surface area contributed by atoms with Gasteiger partial charge in [0, 0.05) is 11.8 Å². The van der Waals surface area contributed by atoms with Crippen molar-refractivity contribution in [2.75, 3.05) is 7.11 Å². The van der Waals surface area contributed by atoms with Crippen LogP contribution in [0.4, 0.5) is 0 Å². The molecule has 0 aliphatic heterocycles. The quantitative estimate of drug-likeness (QED) is 0.559. The highest BCUT2D eigenvalue weighted by atomic mass is 16.5. The Labute approximate surface area is 161 Å². The molecule has 0 spiro atoms. The number of amides is 1. The molecule has 140 valence electrons. The van der Waals surface area contributed by atoms with Gasteiger partial charge in [0.2, 0.25) is 5.89 Å². The lowest BCUT2D eigenvalue weighted by Crippen LogP contribution is -2.23. The molecule has 0 aliphatic rings. The van der Waals surface area contributed by atoms with Crippen molar-refractivity contribution in [2.45, 2.75) is 6.54 Å². The highest BCUT2D eigenvalue weighted by molar-refractivity contribution is 5.92. The van der Waals surface area contributed by atoms with E-state index in [1.54, 1.807) is 30.3 Å². The minimum Gasteiger partial charge on any atom is -0.497 e. The van der Waals surface area contributed by atoms with Crippen LogP contribution in [-0.4, -0.2) is 27.8 Å². The van der Waals surface area contributed by atoms with Crippen LogP contribution < -0.4 is 10.1 Å². The highest BCUT2D eigenvalue weighted by Crippen LogP contribution is 2.19. The molecule has 0 bridgehead atoms. The van der Waals surface area contributed by atoms with Crippen LogP contribution in [0, 0.1) is 0 Å². The largest absolute Gasteiger partial charge is 0.497 e. The summed E-state index contributed by atoms with van der Waals surface area (Å²) in [4.78, 5) is 16.6. The van der Waals surface area contributed by atoms with Gasteiger partial charge in [-0.05, 0) is 30.3 Å². The predicted molar refractivity (Wildman–Crippen MR) is 103 cm³/mol. The molecule has 1 amide bonds. The number of methoxy groups -OCH3 is 1. The van der Waals surface area contributed by atoms with E-state index in [0.29, 0.717) is 17.3 Å². The van der Waals surface area contributed by atoms with Crippen LogP contribution in [0.5, 0.6) is 5.75 Å². The van der Waals surface area contributed by atoms with Crippen LogP contribution in [-0.2, 0) is 6.54 Å². The first-order valence-corrected chi connectivity index (χ1v) is 8.71. The lowest BCUT2D eigenvalue weighted by Gasteiger charge is -2.03. The molecule has 4 rings (SSSR count). The SMILES string of the molecule is COc1ccc(-n2ccc(C(=O)NCc3ncc(-c4ccccc4)o3)n2)cc1. The van der Waals surface area contributed by atoms with Crippen molar-refractivity contribution >= 4 is 5.91 Å². The Balaban J connectivity index is 1.39. The zero-order valence-corrected chi connectivity index (χ0v) is 15.2. The Kier molecular flexibility index (Phi) is 4.88. The van der Waals surface area contributed by atoms with Gasteiger partial charge >= 0.3 is 0 Å². The van der Waals surface area contributed by atoms with Crippen LogP contribution in [0.1, 0.15) is 16.4 Å². The summed E-state index contributed by atoms with van der Waals surface area (Å²) in [6.07, 6.45) is 3.38. The fourth-order valence-corrected chi connectivity index (χ4v) is 2.70. The third-order valence-corrected chi connectivity index (χ3v) is 4.17. The molecule has 0 radical (unpaired) electrons. The number of carbonyl (C=O) groups excluding carboxylic acids is 1. The number of carbonyl (C=O) groups is 1. The topological polar surface area (TPSA) is 82.2 Å². The minimum absolute atomic E-state index is 0.182. The lowest BCUT2D eigenvalue weighted by molar-refractivity contribution is 0.0942. The Bertz CT molecular complexity index is 1070. The third-order valence-electron chi connectivity index (χ3n) is 4.17. The molecule has 28 heavy (non-hydrogen) atoms. The first kappa shape index (κ1) is 17.5. The van der Waals surface area contributed by atoms with Crippen molar-refractivity contribution in [1.29, 1.82) is 0 Å². The summed E-state index contributed by atoms with van der Waals surface area (Å²) >= 11 is 0. The molecule has 2 aromatic heterocycles. The summed E-state index contributed by atoms with van der Waals surface area (Å²) in [5, 5.41) is 7.09. The zero-order chi connectivity index (χ0) is 19.3. The van der Waals surface area contributed by atoms with E-state index in [1.165, 1.54) is 0 Å². The van der Waals surface area contributed by atoms with Crippen LogP contribution in [0.25, 0.3) is 17.0 Å². The van der Waals surface area contributed by atoms with E-state index in [0.717, 1.165) is 17.0 Å². The van der Waals surface area contributed by atoms with Gasteiger partial charge < -0.3 is 14.5 Å². The Morgan fingerprint density at radius 1 is 1.11 bits per heavy atom. The molecule has 7 nitrogen and oxygen atoms in total. The monoisotopic (exact) mass is 374 g/mol. The van der Waals surface area contributed by atoms with E-state index in [4.69, 9.17) is 9.15 Å². The van der Waals surface area contributed by atoms with Gasteiger partial charge in [0.1, 0.15) is 5.75 Å². The molecule has 1 N–H and O–H groups in total. The van der Waals surface area contributed by atoms with Gasteiger partial charge in [-0.1, -0.05) is 30.3 Å². The smallest absolute Gasteiger partial charge is 0.272 e. The average Bonchev–Trinajstić information content (AvgIpc) is 3.43. The van der Waals surface area contributed by atoms with Crippen molar-refractivity contribution in [3.8, 4) is 22.8 Å². The Morgan fingerprint density at radius 3 is 2.64 bits per heavy atom. The van der Waals surface area contributed by atoms with Crippen LogP contribution in [0.2, 0.25) is 0 Å². The van der Waals surface area contributed by atoms with Gasteiger partial charge in [0.05, 0.1) is 25.5 Å². The average molecular weight is 374 g/mol. The van der Waals surface area contributed by atoms with Gasteiger partial charge in [0.25, 0.3) is 5.91 Å². The second-order valence-corrected chi connectivity index (χ2v) is 6.01. The molecule has 0 aliphatic carbocycles. The molecule has 2 heterocycles. The maximum atomic E-state index is 12.4. The number of hydrogen-bond acceptors (Lipinski definition) is 5. The molecule has 0 saturated heterocycles. The van der Waals surface area contributed by atoms with Gasteiger partial charge in [-0.15, -0.1) is 0 Å². The molecule has 0 fully saturated rings. The Morgan fingerprint density at radius 2 is 1.89 bits per heavy atom. The molecular formula is C21H18N4O3. The van der Waals surface area contributed by atoms with E-state index in [1.807, 2.05) is 54.6 Å². The third kappa shape index (κ3) is 3.78. The molecule has 0 atom stereocenters. The number of nitrogens with zero attached hydrogens (tertiary/aromatic N) is 3. The minimum atomic E-state index is -0.299. The fourth-order valence-electron chi connectivity index (χ4n) is 2.70. The second-order valence-electron chi connectivity index (χ2n) is 6.01. The van der Waals surface area contributed by atoms with Gasteiger partial charge in [-0.25, -0.2) is 9.67 Å². The summed E-state index contributed by atoms with van der Waals surface area (Å²) in [7, 11) is 1.61. The van der Waals surface area contributed by atoms with Crippen molar-refractivity contribution < 1.29 is 13.9 Å². The summed E-state index contributed by atoms with van der Waals surface area (Å²) < 4.78 is 12.5. The van der Waals surface area contributed by atoms with Crippen molar-refractivity contribution in [3.05, 3.63) is 84.6 Å². The van der Waals surface area contributed by atoms with E-state index in [9.17, 15) is 4.79 Å². The van der Waals surface area contributed by atoms with Crippen LogP contribution in [0.3, 0.4) is 0 Å². The number of aromatic nitrogens is 3. The fraction of sp³-hybridized carbons (Fsp3) is 0.0952. The number of hydrogen-bond donors (Lipinski definition) is 1. The Hall–Kier alpha value is -3.87. The van der Waals surface area contributed by atoms with Crippen molar-refractivity contribution in [3.63, 3.8) is 0 Å². The summed E-state index contributed by atoms with van der Waals surface area (Å²) in [6.45, 7) is 0.182. The summed E-state index contributed by atoms with van der Waals surface area (Å²) in [5.74, 6) is 1.55. The molecule has 7 heteroatoms. The molecule has 4 aromatic rings. The van der Waals surface area contributed by atoms with Crippen LogP contribution in [0.15, 0.2) is 77.5 Å². The molecule has 0 saturated carbocycles. The normalized spacial score (nSPS) is 10.6. The predicted octanol–water partition coefficient (Wildman–Crippen LogP) is 3.47. The maximum absolute atomic E-state index is 12.4. The number of benzene rings is 2. The van der Waals surface area contributed by atoms with Crippen molar-refractivity contribution in [1.82, 2.24) is 20.1 Å². The molecule has 0 unspecified atom stereocenters. The molecule has 2 aromatic carbocycles. The summed E-state index contributed by atoms with van der Waals surface area (Å²) in [6, 6.07) is 18.7. The second kappa shape index (κ2) is 7.79. The maximum Gasteiger partial charge on any atom is 0.272 e. The van der Waals surface area contributed by atoms with Gasteiger partial charge in [0.15, 0.2) is 11.5 Å². The first-order chi connectivity index (χ1) is 13.7. The lowest BCUT2D eigenvalue weighted by atomic mass is 10.2. The van der Waals surface area contributed by atoms with E-state index >= 15 is 0 Å². The van der Waals surface area contributed by atoms with E-state index in [2.05, 4.69) is 15.4 Å². The van der Waals surface area contributed by atoms with Gasteiger partial charge in [-0.3, -0.25) is 4.79 Å². The van der Waals surface area contributed by atoms with Crippen LogP contribution >= 0.6 is 0 Å². The number of nitrogens with one attached hydrogen (secondary N) is 1. The summed E-state index contributed by atoms with van der Waals surface area (Å²) in [5.41, 5.74) is 2.08. The number of ether oxygens (including phenoxy) is 1. The number of rotatable bonds is 6.